The lowest BCUT2D eigenvalue weighted by Gasteiger charge is -2.12. The van der Waals surface area contributed by atoms with Gasteiger partial charge in [-0.15, -0.1) is 0 Å². The van der Waals surface area contributed by atoms with E-state index in [0.29, 0.717) is 10.0 Å². The Morgan fingerprint density at radius 3 is 2.62 bits per heavy atom. The van der Waals surface area contributed by atoms with Crippen molar-refractivity contribution in [3.8, 4) is 5.69 Å². The van der Waals surface area contributed by atoms with Crippen LogP contribution in [0.2, 0.25) is 0 Å². The molecule has 0 amide bonds. The zero-order valence-corrected chi connectivity index (χ0v) is 12.7. The standard InChI is InChI=1S/C16H13BrFN3/c17-15-13(7-4-8-14(15)18)16(19)11-9-20-21(10-11)12-5-2-1-3-6-12/h1-10,16H,19H2. The van der Waals surface area contributed by atoms with Crippen molar-refractivity contribution >= 4 is 15.9 Å². The van der Waals surface area contributed by atoms with E-state index < -0.39 is 6.04 Å². The minimum Gasteiger partial charge on any atom is -0.320 e. The van der Waals surface area contributed by atoms with Gasteiger partial charge in [-0.05, 0) is 39.7 Å². The van der Waals surface area contributed by atoms with Gasteiger partial charge in [-0.3, -0.25) is 0 Å². The summed E-state index contributed by atoms with van der Waals surface area (Å²) in [4.78, 5) is 0. The molecule has 0 aliphatic carbocycles. The van der Waals surface area contributed by atoms with Gasteiger partial charge in [0.25, 0.3) is 0 Å². The number of benzene rings is 2. The zero-order chi connectivity index (χ0) is 14.8. The van der Waals surface area contributed by atoms with Gasteiger partial charge in [0.15, 0.2) is 0 Å². The summed E-state index contributed by atoms with van der Waals surface area (Å²) in [6.07, 6.45) is 3.56. The fraction of sp³-hybridized carbons (Fsp3) is 0.0625. The molecule has 0 spiro atoms. The van der Waals surface area contributed by atoms with E-state index in [9.17, 15) is 4.39 Å². The summed E-state index contributed by atoms with van der Waals surface area (Å²) < 4.78 is 15.7. The van der Waals surface area contributed by atoms with E-state index >= 15 is 0 Å². The second-order valence-electron chi connectivity index (χ2n) is 4.67. The lowest BCUT2D eigenvalue weighted by Crippen LogP contribution is -2.12. The maximum atomic E-state index is 13.6. The molecule has 0 aliphatic rings. The smallest absolute Gasteiger partial charge is 0.137 e. The van der Waals surface area contributed by atoms with E-state index in [1.54, 1.807) is 23.0 Å². The largest absolute Gasteiger partial charge is 0.320 e. The average Bonchev–Trinajstić information content (AvgIpc) is 3.00. The lowest BCUT2D eigenvalue weighted by atomic mass is 10.0. The predicted octanol–water partition coefficient (Wildman–Crippen LogP) is 3.82. The summed E-state index contributed by atoms with van der Waals surface area (Å²) in [6, 6.07) is 14.2. The van der Waals surface area contributed by atoms with Gasteiger partial charge < -0.3 is 5.73 Å². The first-order valence-corrected chi connectivity index (χ1v) is 7.25. The molecule has 1 heterocycles. The molecule has 21 heavy (non-hydrogen) atoms. The van der Waals surface area contributed by atoms with Crippen LogP contribution >= 0.6 is 15.9 Å². The monoisotopic (exact) mass is 345 g/mol. The minimum atomic E-state index is -0.437. The van der Waals surface area contributed by atoms with Crippen LogP contribution in [0.5, 0.6) is 0 Å². The Kier molecular flexibility index (Phi) is 3.86. The third kappa shape index (κ3) is 2.75. The molecule has 106 valence electrons. The molecule has 0 aliphatic heterocycles. The number of rotatable bonds is 3. The van der Waals surface area contributed by atoms with Crippen molar-refractivity contribution in [3.63, 3.8) is 0 Å². The summed E-state index contributed by atoms with van der Waals surface area (Å²) in [5.41, 5.74) is 8.70. The molecule has 5 heteroatoms. The minimum absolute atomic E-state index is 0.321. The number of para-hydroxylation sites is 1. The first kappa shape index (κ1) is 14.0. The summed E-state index contributed by atoms with van der Waals surface area (Å²) in [7, 11) is 0. The predicted molar refractivity (Wildman–Crippen MR) is 83.7 cm³/mol. The molecule has 1 unspecified atom stereocenters. The van der Waals surface area contributed by atoms with Crippen molar-refractivity contribution in [1.29, 1.82) is 0 Å². The van der Waals surface area contributed by atoms with Crippen molar-refractivity contribution in [1.82, 2.24) is 9.78 Å². The maximum Gasteiger partial charge on any atom is 0.137 e. The third-order valence-electron chi connectivity index (χ3n) is 3.30. The van der Waals surface area contributed by atoms with E-state index in [-0.39, 0.29) is 5.82 Å². The van der Waals surface area contributed by atoms with E-state index in [0.717, 1.165) is 11.3 Å². The van der Waals surface area contributed by atoms with E-state index in [2.05, 4.69) is 21.0 Å². The molecule has 3 nitrogen and oxygen atoms in total. The van der Waals surface area contributed by atoms with Crippen LogP contribution in [0.3, 0.4) is 0 Å². The number of halogens is 2. The second kappa shape index (κ2) is 5.79. The Labute approximate surface area is 130 Å². The van der Waals surface area contributed by atoms with Gasteiger partial charge in [0.1, 0.15) is 5.82 Å². The fourth-order valence-electron chi connectivity index (χ4n) is 2.16. The van der Waals surface area contributed by atoms with E-state index in [4.69, 9.17) is 5.73 Å². The molecule has 1 aromatic heterocycles. The maximum absolute atomic E-state index is 13.6. The molecule has 0 fully saturated rings. The summed E-state index contributed by atoms with van der Waals surface area (Å²) in [5, 5.41) is 4.31. The number of aromatic nitrogens is 2. The average molecular weight is 346 g/mol. The van der Waals surface area contributed by atoms with Crippen molar-refractivity contribution in [3.05, 3.63) is 82.3 Å². The molecule has 3 aromatic rings. The van der Waals surface area contributed by atoms with Gasteiger partial charge in [0.05, 0.1) is 22.4 Å². The van der Waals surface area contributed by atoms with E-state index in [1.807, 2.05) is 36.5 Å². The Morgan fingerprint density at radius 1 is 1.10 bits per heavy atom. The highest BCUT2D eigenvalue weighted by molar-refractivity contribution is 9.10. The van der Waals surface area contributed by atoms with Crippen LogP contribution in [-0.2, 0) is 0 Å². The van der Waals surface area contributed by atoms with Crippen LogP contribution in [0.1, 0.15) is 17.2 Å². The van der Waals surface area contributed by atoms with Crippen LogP contribution < -0.4 is 5.73 Å². The van der Waals surface area contributed by atoms with Crippen LogP contribution in [0, 0.1) is 5.82 Å². The van der Waals surface area contributed by atoms with Gasteiger partial charge in [0, 0.05) is 11.8 Å². The summed E-state index contributed by atoms with van der Waals surface area (Å²) in [5.74, 6) is -0.321. The van der Waals surface area contributed by atoms with E-state index in [1.165, 1.54) is 6.07 Å². The molecule has 2 N–H and O–H groups in total. The summed E-state index contributed by atoms with van der Waals surface area (Å²) in [6.45, 7) is 0. The number of nitrogens with zero attached hydrogens (tertiary/aromatic N) is 2. The topological polar surface area (TPSA) is 43.8 Å². The molecule has 0 saturated heterocycles. The number of hydrogen-bond acceptors (Lipinski definition) is 2. The first-order chi connectivity index (χ1) is 10.2. The number of hydrogen-bond donors (Lipinski definition) is 1. The van der Waals surface area contributed by atoms with Crippen LogP contribution in [0.25, 0.3) is 5.69 Å². The molecular weight excluding hydrogens is 333 g/mol. The quantitative estimate of drug-likeness (QED) is 0.784. The summed E-state index contributed by atoms with van der Waals surface area (Å²) >= 11 is 3.25. The van der Waals surface area contributed by atoms with Crippen LogP contribution in [0.15, 0.2) is 65.4 Å². The highest BCUT2D eigenvalue weighted by Gasteiger charge is 2.16. The Hall–Kier alpha value is -1.98. The highest BCUT2D eigenvalue weighted by Crippen LogP contribution is 2.28. The Bertz CT molecular complexity index is 755. The molecule has 0 saturated carbocycles. The normalized spacial score (nSPS) is 12.3. The van der Waals surface area contributed by atoms with Crippen molar-refractivity contribution in [2.45, 2.75) is 6.04 Å². The first-order valence-electron chi connectivity index (χ1n) is 6.46. The van der Waals surface area contributed by atoms with Crippen LogP contribution in [0.4, 0.5) is 4.39 Å². The third-order valence-corrected chi connectivity index (χ3v) is 4.14. The Morgan fingerprint density at radius 2 is 1.86 bits per heavy atom. The van der Waals surface area contributed by atoms with Crippen molar-refractivity contribution in [2.75, 3.05) is 0 Å². The SMILES string of the molecule is NC(c1cnn(-c2ccccc2)c1)c1cccc(F)c1Br. The lowest BCUT2D eigenvalue weighted by molar-refractivity contribution is 0.616. The molecule has 0 bridgehead atoms. The van der Waals surface area contributed by atoms with Gasteiger partial charge >= 0.3 is 0 Å². The second-order valence-corrected chi connectivity index (χ2v) is 5.47. The fourth-order valence-corrected chi connectivity index (χ4v) is 2.67. The molecule has 0 radical (unpaired) electrons. The van der Waals surface area contributed by atoms with Crippen molar-refractivity contribution < 1.29 is 4.39 Å². The van der Waals surface area contributed by atoms with Crippen LogP contribution in [-0.4, -0.2) is 9.78 Å². The number of nitrogens with two attached hydrogens (primary N) is 1. The highest BCUT2D eigenvalue weighted by atomic mass is 79.9. The molecule has 3 rings (SSSR count). The van der Waals surface area contributed by atoms with Gasteiger partial charge in [-0.2, -0.15) is 5.10 Å². The van der Waals surface area contributed by atoms with Gasteiger partial charge in [0.2, 0.25) is 0 Å². The van der Waals surface area contributed by atoms with Gasteiger partial charge in [-0.25, -0.2) is 9.07 Å². The molecule has 2 aromatic carbocycles. The molecule has 1 atom stereocenters. The Balaban J connectivity index is 1.95. The molecular formula is C16H13BrFN3. The van der Waals surface area contributed by atoms with Crippen molar-refractivity contribution in [2.24, 2.45) is 5.73 Å². The van der Waals surface area contributed by atoms with Gasteiger partial charge in [-0.1, -0.05) is 30.3 Å². The zero-order valence-electron chi connectivity index (χ0n) is 11.1.